The lowest BCUT2D eigenvalue weighted by atomic mass is 9.96. The number of carbonyl (C=O) groups is 4. The van der Waals surface area contributed by atoms with Gasteiger partial charge in [0, 0.05) is 13.5 Å². The van der Waals surface area contributed by atoms with E-state index in [2.05, 4.69) is 5.32 Å². The molecule has 0 aromatic heterocycles. The maximum absolute atomic E-state index is 12.9. The minimum atomic E-state index is -1.33. The van der Waals surface area contributed by atoms with Crippen molar-refractivity contribution in [3.63, 3.8) is 0 Å². The highest BCUT2D eigenvalue weighted by molar-refractivity contribution is 5.98. The van der Waals surface area contributed by atoms with Gasteiger partial charge in [-0.2, -0.15) is 0 Å². The van der Waals surface area contributed by atoms with Crippen LogP contribution in [-0.4, -0.2) is 63.4 Å². The number of nitrogens with one attached hydrogen (secondary N) is 1. The predicted octanol–water partition coefficient (Wildman–Crippen LogP) is -0.663. The van der Waals surface area contributed by atoms with Crippen molar-refractivity contribution < 1.29 is 28.7 Å². The number of carboxylic acids is 1. The number of carbonyl (C=O) groups excluding carboxylic acids is 3. The second-order valence-corrected chi connectivity index (χ2v) is 6.04. The molecule has 0 aliphatic carbocycles. The van der Waals surface area contributed by atoms with Crippen LogP contribution >= 0.6 is 0 Å². The average molecular weight is 349 g/mol. The van der Waals surface area contributed by atoms with Crippen LogP contribution in [0.4, 0.5) is 4.39 Å². The Labute approximate surface area is 142 Å². The Morgan fingerprint density at radius 2 is 1.92 bits per heavy atom. The van der Waals surface area contributed by atoms with Gasteiger partial charge in [-0.15, -0.1) is 0 Å². The van der Waals surface area contributed by atoms with E-state index >= 15 is 0 Å². The minimum Gasteiger partial charge on any atom is -0.478 e. The number of amides is 3. The Bertz CT molecular complexity index is 751. The molecular weight excluding hydrogens is 333 g/mol. The number of carboxylic acid groups (broad SMARTS) is 1. The molecule has 2 aliphatic rings. The van der Waals surface area contributed by atoms with Gasteiger partial charge in [-0.25, -0.2) is 9.18 Å². The molecule has 8 nitrogen and oxygen atoms in total. The monoisotopic (exact) mass is 349 g/mol. The van der Waals surface area contributed by atoms with Crippen LogP contribution in [-0.2, 0) is 25.6 Å². The summed E-state index contributed by atoms with van der Waals surface area (Å²) in [5.74, 6) is -3.12. The topological polar surface area (TPSA) is 107 Å². The number of hydrogen-bond donors (Lipinski definition) is 2. The molecule has 132 valence electrons. The van der Waals surface area contributed by atoms with Crippen LogP contribution in [0.25, 0.3) is 0 Å². The third-order valence-corrected chi connectivity index (χ3v) is 4.42. The van der Waals surface area contributed by atoms with Crippen LogP contribution in [0.15, 0.2) is 24.3 Å². The maximum Gasteiger partial charge on any atom is 0.347 e. The van der Waals surface area contributed by atoms with E-state index in [4.69, 9.17) is 0 Å². The quantitative estimate of drug-likeness (QED) is 0.702. The van der Waals surface area contributed by atoms with Crippen molar-refractivity contribution in [2.45, 2.75) is 31.6 Å². The normalized spacial score (nSPS) is 24.6. The molecule has 2 unspecified atom stereocenters. The molecule has 2 fully saturated rings. The number of halogens is 1. The van der Waals surface area contributed by atoms with Gasteiger partial charge in [-0.3, -0.25) is 14.4 Å². The fourth-order valence-corrected chi connectivity index (χ4v) is 3.24. The summed E-state index contributed by atoms with van der Waals surface area (Å²) >= 11 is 0. The zero-order chi connectivity index (χ0) is 18.3. The van der Waals surface area contributed by atoms with E-state index in [1.165, 1.54) is 31.2 Å². The van der Waals surface area contributed by atoms with Gasteiger partial charge in [0.05, 0.1) is 12.5 Å². The van der Waals surface area contributed by atoms with Gasteiger partial charge in [0.2, 0.25) is 23.9 Å². The molecule has 3 amide bonds. The number of fused-ring (bicyclic) bond motifs is 1. The number of rotatable bonds is 4. The fraction of sp³-hybridized carbons (Fsp3) is 0.375. The number of aliphatic carboxylic acids is 1. The molecule has 0 bridgehead atoms. The van der Waals surface area contributed by atoms with Gasteiger partial charge in [0.1, 0.15) is 11.9 Å². The molecule has 2 saturated heterocycles. The molecule has 0 spiro atoms. The minimum absolute atomic E-state index is 0.0322. The van der Waals surface area contributed by atoms with Crippen LogP contribution < -0.4 is 5.32 Å². The lowest BCUT2D eigenvalue weighted by molar-refractivity contribution is -0.165. The summed E-state index contributed by atoms with van der Waals surface area (Å²) in [5, 5.41) is 11.8. The SMILES string of the molecule is CC(=O)N1CC2[C@H](NC(=O)Cc3ccc(F)cc3)C(=O)N2C1C(=O)O. The van der Waals surface area contributed by atoms with E-state index in [0.717, 1.165) is 9.80 Å². The molecule has 25 heavy (non-hydrogen) atoms. The Morgan fingerprint density at radius 1 is 1.28 bits per heavy atom. The fourth-order valence-electron chi connectivity index (χ4n) is 3.24. The lowest BCUT2D eigenvalue weighted by Gasteiger charge is -2.43. The Kier molecular flexibility index (Phi) is 4.15. The summed E-state index contributed by atoms with van der Waals surface area (Å²) in [7, 11) is 0. The highest BCUT2D eigenvalue weighted by Crippen LogP contribution is 2.32. The Balaban J connectivity index is 1.66. The van der Waals surface area contributed by atoms with Crippen molar-refractivity contribution >= 4 is 23.7 Å². The second-order valence-electron chi connectivity index (χ2n) is 6.04. The predicted molar refractivity (Wildman–Crippen MR) is 81.5 cm³/mol. The molecule has 9 heteroatoms. The van der Waals surface area contributed by atoms with E-state index in [9.17, 15) is 28.7 Å². The van der Waals surface area contributed by atoms with Gasteiger partial charge >= 0.3 is 5.97 Å². The highest BCUT2D eigenvalue weighted by Gasteiger charge is 2.60. The van der Waals surface area contributed by atoms with Crippen LogP contribution in [0.5, 0.6) is 0 Å². The van der Waals surface area contributed by atoms with Crippen molar-refractivity contribution in [1.29, 1.82) is 0 Å². The maximum atomic E-state index is 12.9. The summed E-state index contributed by atoms with van der Waals surface area (Å²) in [5.41, 5.74) is 0.586. The van der Waals surface area contributed by atoms with E-state index in [1.807, 2.05) is 0 Å². The smallest absolute Gasteiger partial charge is 0.347 e. The second kappa shape index (κ2) is 6.15. The Hall–Kier alpha value is -2.97. The first kappa shape index (κ1) is 16.9. The molecule has 2 aliphatic heterocycles. The van der Waals surface area contributed by atoms with E-state index in [0.29, 0.717) is 5.56 Å². The van der Waals surface area contributed by atoms with Gasteiger partial charge in [0.15, 0.2) is 0 Å². The largest absolute Gasteiger partial charge is 0.478 e. The first-order chi connectivity index (χ1) is 11.8. The summed E-state index contributed by atoms with van der Waals surface area (Å²) in [6.45, 7) is 1.29. The lowest BCUT2D eigenvalue weighted by Crippen LogP contribution is -2.71. The van der Waals surface area contributed by atoms with Crippen LogP contribution in [0, 0.1) is 5.82 Å². The standard InChI is InChI=1S/C16H16FN3O5/c1-8(21)19-7-11-13(15(23)20(11)14(19)16(24)25)18-12(22)6-9-2-4-10(17)5-3-9/h2-5,11,13-14H,6-7H2,1H3,(H,18,22)(H,24,25)/t11?,13-,14?/m0/s1. The van der Waals surface area contributed by atoms with Crippen molar-refractivity contribution in [1.82, 2.24) is 15.1 Å². The van der Waals surface area contributed by atoms with Crippen molar-refractivity contribution in [2.24, 2.45) is 0 Å². The number of benzene rings is 1. The summed E-state index contributed by atoms with van der Waals surface area (Å²) in [4.78, 5) is 49.4. The van der Waals surface area contributed by atoms with Crippen LogP contribution in [0.3, 0.4) is 0 Å². The third kappa shape index (κ3) is 2.92. The van der Waals surface area contributed by atoms with Gasteiger partial charge in [-0.1, -0.05) is 12.1 Å². The molecule has 2 N–H and O–H groups in total. The van der Waals surface area contributed by atoms with Crippen molar-refractivity contribution in [2.75, 3.05) is 6.54 Å². The van der Waals surface area contributed by atoms with E-state index < -0.39 is 47.8 Å². The summed E-state index contributed by atoms with van der Waals surface area (Å²) < 4.78 is 12.9. The van der Waals surface area contributed by atoms with E-state index in [-0.39, 0.29) is 13.0 Å². The molecule has 3 rings (SSSR count). The first-order valence-electron chi connectivity index (χ1n) is 7.65. The molecule has 1 aromatic rings. The zero-order valence-corrected chi connectivity index (χ0v) is 13.3. The van der Waals surface area contributed by atoms with Gasteiger partial charge < -0.3 is 20.2 Å². The Morgan fingerprint density at radius 3 is 2.48 bits per heavy atom. The summed E-state index contributed by atoms with van der Waals surface area (Å²) in [6, 6.07) is 3.99. The van der Waals surface area contributed by atoms with Crippen LogP contribution in [0.1, 0.15) is 12.5 Å². The van der Waals surface area contributed by atoms with Crippen LogP contribution in [0.2, 0.25) is 0 Å². The number of β-lactam (4-membered cyclic amide) rings is 1. The van der Waals surface area contributed by atoms with Crippen molar-refractivity contribution in [3.8, 4) is 0 Å². The molecule has 2 heterocycles. The molecule has 0 saturated carbocycles. The summed E-state index contributed by atoms with van der Waals surface area (Å²) in [6.07, 6.45) is -1.37. The third-order valence-electron chi connectivity index (χ3n) is 4.42. The van der Waals surface area contributed by atoms with Gasteiger partial charge in [-0.05, 0) is 17.7 Å². The molecule has 1 aromatic carbocycles. The number of nitrogens with zero attached hydrogens (tertiary/aromatic N) is 2. The number of hydrogen-bond acceptors (Lipinski definition) is 4. The zero-order valence-electron chi connectivity index (χ0n) is 13.3. The first-order valence-corrected chi connectivity index (χ1v) is 7.65. The van der Waals surface area contributed by atoms with Crippen molar-refractivity contribution in [3.05, 3.63) is 35.6 Å². The average Bonchev–Trinajstić information content (AvgIpc) is 2.91. The van der Waals surface area contributed by atoms with E-state index in [1.54, 1.807) is 0 Å². The molecular formula is C16H16FN3O5. The highest BCUT2D eigenvalue weighted by atomic mass is 19.1. The molecule has 3 atom stereocenters. The molecule has 0 radical (unpaired) electrons. The van der Waals surface area contributed by atoms with Gasteiger partial charge in [0.25, 0.3) is 0 Å².